The molecule has 1 saturated carbocycles. The predicted molar refractivity (Wildman–Crippen MR) is 94.7 cm³/mol. The van der Waals surface area contributed by atoms with Gasteiger partial charge in [-0.1, -0.05) is 19.3 Å². The van der Waals surface area contributed by atoms with Crippen molar-refractivity contribution in [1.82, 2.24) is 24.5 Å². The number of hydrogen-bond acceptors (Lipinski definition) is 3. The Balaban J connectivity index is 1.84. The van der Waals surface area contributed by atoms with E-state index < -0.39 is 0 Å². The molecule has 0 radical (unpaired) electrons. The van der Waals surface area contributed by atoms with Crippen molar-refractivity contribution in [3.63, 3.8) is 0 Å². The second-order valence-electron chi connectivity index (χ2n) is 6.62. The summed E-state index contributed by atoms with van der Waals surface area (Å²) in [5.74, 6) is 0. The third-order valence-corrected chi connectivity index (χ3v) is 5.18. The minimum Gasteiger partial charge on any atom is -0.346 e. The van der Waals surface area contributed by atoms with E-state index in [0.717, 1.165) is 11.2 Å². The number of nitrogens with zero attached hydrogens (tertiary/aromatic N) is 4. The van der Waals surface area contributed by atoms with Gasteiger partial charge in [-0.15, -0.1) is 0 Å². The van der Waals surface area contributed by atoms with E-state index in [-0.39, 0.29) is 0 Å². The van der Waals surface area contributed by atoms with Gasteiger partial charge in [-0.2, -0.15) is 0 Å². The van der Waals surface area contributed by atoms with Crippen molar-refractivity contribution >= 4 is 21.9 Å². The van der Waals surface area contributed by atoms with Crippen LogP contribution in [0.4, 0.5) is 0 Å². The predicted octanol–water partition coefficient (Wildman–Crippen LogP) is 4.48. The zero-order valence-corrected chi connectivity index (χ0v) is 13.4. The van der Waals surface area contributed by atoms with Crippen LogP contribution in [0.3, 0.4) is 0 Å². The molecular weight excluding hydrogens is 298 g/mol. The molecule has 1 aliphatic rings. The average molecular weight is 317 g/mol. The fourth-order valence-corrected chi connectivity index (χ4v) is 4.09. The first-order valence-corrected chi connectivity index (χ1v) is 8.64. The lowest BCUT2D eigenvalue weighted by atomic mass is 9.94. The van der Waals surface area contributed by atoms with Crippen LogP contribution in [0.25, 0.3) is 33.2 Å². The zero-order valence-electron chi connectivity index (χ0n) is 13.4. The lowest BCUT2D eigenvalue weighted by Crippen LogP contribution is -2.14. The molecule has 0 aromatic carbocycles. The Hall–Kier alpha value is -2.69. The molecule has 1 N–H and O–H groups in total. The highest BCUT2D eigenvalue weighted by atomic mass is 15.0. The van der Waals surface area contributed by atoms with Crippen molar-refractivity contribution in [1.29, 1.82) is 0 Å². The second-order valence-corrected chi connectivity index (χ2v) is 6.62. The smallest absolute Gasteiger partial charge is 0.139 e. The van der Waals surface area contributed by atoms with Gasteiger partial charge in [0.1, 0.15) is 12.0 Å². The summed E-state index contributed by atoms with van der Waals surface area (Å²) < 4.78 is 2.52. The molecule has 5 heteroatoms. The van der Waals surface area contributed by atoms with Crippen molar-refractivity contribution in [2.24, 2.45) is 0 Å². The van der Waals surface area contributed by atoms with Crippen LogP contribution in [-0.4, -0.2) is 24.5 Å². The third-order valence-electron chi connectivity index (χ3n) is 5.18. The first-order valence-electron chi connectivity index (χ1n) is 8.64. The summed E-state index contributed by atoms with van der Waals surface area (Å²) in [5.41, 5.74) is 4.51. The molecule has 5 nitrogen and oxygen atoms in total. The molecule has 120 valence electrons. The van der Waals surface area contributed by atoms with Crippen molar-refractivity contribution < 1.29 is 0 Å². The third kappa shape index (κ3) is 2.04. The lowest BCUT2D eigenvalue weighted by molar-refractivity contribution is 0.363. The molecule has 0 aliphatic heterocycles. The summed E-state index contributed by atoms with van der Waals surface area (Å²) in [5, 5.41) is 2.38. The number of aromatic amines is 1. The maximum absolute atomic E-state index is 4.56. The molecule has 1 fully saturated rings. The highest BCUT2D eigenvalue weighted by Crippen LogP contribution is 2.39. The molecule has 0 bridgehead atoms. The molecule has 1 aliphatic carbocycles. The fraction of sp³-hybridized carbons (Fsp3) is 0.316. The number of H-pyrrole nitrogens is 1. The van der Waals surface area contributed by atoms with Gasteiger partial charge in [0.05, 0.1) is 11.2 Å². The molecule has 0 atom stereocenters. The van der Waals surface area contributed by atoms with Gasteiger partial charge in [-0.05, 0) is 25.0 Å². The molecule has 0 unspecified atom stereocenters. The van der Waals surface area contributed by atoms with Crippen LogP contribution in [0.1, 0.15) is 38.1 Å². The van der Waals surface area contributed by atoms with E-state index in [2.05, 4.69) is 36.6 Å². The van der Waals surface area contributed by atoms with E-state index in [1.165, 1.54) is 54.1 Å². The van der Waals surface area contributed by atoms with Gasteiger partial charge in [0, 0.05) is 47.2 Å². The largest absolute Gasteiger partial charge is 0.346 e. The summed E-state index contributed by atoms with van der Waals surface area (Å²) >= 11 is 0. The van der Waals surface area contributed by atoms with Gasteiger partial charge in [0.2, 0.25) is 0 Å². The fourth-order valence-electron chi connectivity index (χ4n) is 4.09. The Morgan fingerprint density at radius 3 is 2.71 bits per heavy atom. The van der Waals surface area contributed by atoms with Gasteiger partial charge < -0.3 is 9.55 Å². The minimum absolute atomic E-state index is 0.534. The van der Waals surface area contributed by atoms with Gasteiger partial charge in [-0.3, -0.25) is 0 Å². The molecule has 24 heavy (non-hydrogen) atoms. The van der Waals surface area contributed by atoms with Crippen molar-refractivity contribution in [2.45, 2.75) is 38.1 Å². The Morgan fingerprint density at radius 2 is 1.88 bits per heavy atom. The van der Waals surface area contributed by atoms with Crippen molar-refractivity contribution in [2.75, 3.05) is 0 Å². The Bertz CT molecular complexity index is 993. The number of pyridine rings is 1. The van der Waals surface area contributed by atoms with E-state index >= 15 is 0 Å². The Morgan fingerprint density at radius 1 is 1.04 bits per heavy atom. The minimum atomic E-state index is 0.534. The van der Waals surface area contributed by atoms with Crippen LogP contribution in [0.5, 0.6) is 0 Å². The van der Waals surface area contributed by atoms with Crippen LogP contribution >= 0.6 is 0 Å². The molecule has 5 rings (SSSR count). The summed E-state index contributed by atoms with van der Waals surface area (Å²) in [4.78, 5) is 16.3. The van der Waals surface area contributed by atoms with Gasteiger partial charge >= 0.3 is 0 Å². The summed E-state index contributed by atoms with van der Waals surface area (Å²) in [6, 6.07) is 4.91. The number of rotatable bonds is 2. The van der Waals surface area contributed by atoms with Crippen LogP contribution in [0, 0.1) is 0 Å². The zero-order chi connectivity index (χ0) is 15.9. The van der Waals surface area contributed by atoms with E-state index in [1.807, 2.05) is 24.8 Å². The highest BCUT2D eigenvalue weighted by Gasteiger charge is 2.23. The normalized spacial score (nSPS) is 16.2. The Labute approximate surface area is 139 Å². The van der Waals surface area contributed by atoms with E-state index in [9.17, 15) is 0 Å². The highest BCUT2D eigenvalue weighted by molar-refractivity contribution is 6.05. The van der Waals surface area contributed by atoms with E-state index in [1.54, 1.807) is 6.33 Å². The quantitative estimate of drug-likeness (QED) is 0.593. The van der Waals surface area contributed by atoms with Crippen LogP contribution in [-0.2, 0) is 0 Å². The lowest BCUT2D eigenvalue weighted by Gasteiger charge is -2.26. The number of hydrogen-bond donors (Lipinski definition) is 1. The van der Waals surface area contributed by atoms with Crippen molar-refractivity contribution in [3.8, 4) is 11.3 Å². The molecule has 0 saturated heterocycles. The monoisotopic (exact) mass is 317 g/mol. The summed E-state index contributed by atoms with van der Waals surface area (Å²) in [6.45, 7) is 0. The number of aromatic nitrogens is 5. The van der Waals surface area contributed by atoms with Crippen LogP contribution in [0.2, 0.25) is 0 Å². The first kappa shape index (κ1) is 13.7. The van der Waals surface area contributed by atoms with Crippen LogP contribution < -0.4 is 0 Å². The number of nitrogens with one attached hydrogen (secondary N) is 1. The van der Waals surface area contributed by atoms with Crippen molar-refractivity contribution in [3.05, 3.63) is 43.2 Å². The van der Waals surface area contributed by atoms with Gasteiger partial charge in [-0.25, -0.2) is 15.0 Å². The van der Waals surface area contributed by atoms with Crippen LogP contribution in [0.15, 0.2) is 43.2 Å². The average Bonchev–Trinajstić information content (AvgIpc) is 3.27. The van der Waals surface area contributed by atoms with E-state index in [4.69, 9.17) is 0 Å². The standard InChI is InChI=1S/C19H19N5/c1-2-4-15(5-3-1)24-17(14-9-20-12-21-10-14)8-13-11-23-19-16(18(13)24)6-7-22-19/h6-12,15H,1-5H2,(H,22,23). The summed E-state index contributed by atoms with van der Waals surface area (Å²) in [6.07, 6.45) is 15.8. The molecule has 4 heterocycles. The molecular formula is C19H19N5. The summed E-state index contributed by atoms with van der Waals surface area (Å²) in [7, 11) is 0. The second kappa shape index (κ2) is 5.44. The maximum Gasteiger partial charge on any atom is 0.139 e. The topological polar surface area (TPSA) is 59.4 Å². The number of fused-ring (bicyclic) bond motifs is 3. The SMILES string of the molecule is c1ncc(-c2cc3cnc4[nH]ccc4c3n2C2CCCCC2)cn1. The van der Waals surface area contributed by atoms with Gasteiger partial charge in [0.15, 0.2) is 0 Å². The van der Waals surface area contributed by atoms with E-state index in [0.29, 0.717) is 6.04 Å². The molecule has 4 aromatic rings. The Kier molecular flexibility index (Phi) is 3.11. The first-order chi connectivity index (χ1) is 11.9. The van der Waals surface area contributed by atoms with Gasteiger partial charge in [0.25, 0.3) is 0 Å². The molecule has 4 aromatic heterocycles. The molecule has 0 spiro atoms. The maximum atomic E-state index is 4.56. The molecule has 0 amide bonds.